The molecule has 0 spiro atoms. The fourth-order valence-electron chi connectivity index (χ4n) is 5.73. The second kappa shape index (κ2) is 12.1. The van der Waals surface area contributed by atoms with E-state index in [1.165, 1.54) is 4.90 Å². The lowest BCUT2D eigenvalue weighted by Crippen LogP contribution is -2.31. The number of aliphatic hydroxyl groups excluding tert-OH is 1. The summed E-state index contributed by atoms with van der Waals surface area (Å²) < 4.78 is 19.5. The van der Waals surface area contributed by atoms with Crippen LogP contribution < -0.4 is 14.2 Å². The zero-order valence-electron chi connectivity index (χ0n) is 24.1. The van der Waals surface area contributed by atoms with Crippen LogP contribution in [0.4, 0.5) is 0 Å². The Hall–Kier alpha value is -5.05. The minimum Gasteiger partial charge on any atom is -0.507 e. The molecule has 3 aromatic carbocycles. The van der Waals surface area contributed by atoms with Gasteiger partial charge in [0, 0.05) is 37.5 Å². The van der Waals surface area contributed by atoms with E-state index < -0.39 is 17.7 Å². The summed E-state index contributed by atoms with van der Waals surface area (Å²) in [5.74, 6) is 0.154. The Morgan fingerprint density at radius 3 is 2.65 bits per heavy atom. The van der Waals surface area contributed by atoms with Crippen molar-refractivity contribution in [2.75, 3.05) is 13.7 Å². The van der Waals surface area contributed by atoms with Crippen LogP contribution in [0.25, 0.3) is 5.76 Å². The van der Waals surface area contributed by atoms with Gasteiger partial charge in [0.05, 0.1) is 25.1 Å². The SMILES string of the molecule is COc1cc(C2/C(=C(/O)c3ccc4c(c3)CC(C)O4)C(=O)C(=O)N2CCCn2ccnc2)ccc1OCc1ccccc1. The van der Waals surface area contributed by atoms with Crippen molar-refractivity contribution >= 4 is 17.4 Å². The molecule has 2 aliphatic rings. The molecular formula is C34H33N3O6. The number of ketones is 1. The average molecular weight is 580 g/mol. The van der Waals surface area contributed by atoms with Gasteiger partial charge in [0.2, 0.25) is 0 Å². The number of aliphatic hydroxyl groups is 1. The zero-order valence-corrected chi connectivity index (χ0v) is 24.1. The summed E-state index contributed by atoms with van der Waals surface area (Å²) in [6.07, 6.45) is 6.57. The number of nitrogens with zero attached hydrogens (tertiary/aromatic N) is 3. The number of aryl methyl sites for hydroxylation is 1. The summed E-state index contributed by atoms with van der Waals surface area (Å²) in [6.45, 7) is 3.25. The van der Waals surface area contributed by atoms with E-state index in [0.717, 1.165) is 16.9 Å². The number of carbonyl (C=O) groups is 2. The Kier molecular flexibility index (Phi) is 7.87. The lowest BCUT2D eigenvalue weighted by molar-refractivity contribution is -0.139. The predicted octanol–water partition coefficient (Wildman–Crippen LogP) is 5.31. The molecule has 6 rings (SSSR count). The number of methoxy groups -OCH3 is 1. The van der Waals surface area contributed by atoms with Crippen LogP contribution in [0.1, 0.15) is 41.6 Å². The molecule has 0 aliphatic carbocycles. The molecule has 1 amide bonds. The van der Waals surface area contributed by atoms with Crippen LogP contribution >= 0.6 is 0 Å². The third-order valence-corrected chi connectivity index (χ3v) is 7.82. The number of amides is 1. The number of ether oxygens (including phenoxy) is 3. The Labute approximate surface area is 250 Å². The van der Waals surface area contributed by atoms with Crippen LogP contribution in [0.15, 0.2) is 91.0 Å². The van der Waals surface area contributed by atoms with E-state index in [2.05, 4.69) is 4.98 Å². The Morgan fingerprint density at radius 1 is 1.05 bits per heavy atom. The molecule has 1 aromatic heterocycles. The predicted molar refractivity (Wildman–Crippen MR) is 160 cm³/mol. The molecule has 1 N–H and O–H groups in total. The molecule has 9 nitrogen and oxygen atoms in total. The number of fused-ring (bicyclic) bond motifs is 1. The topological polar surface area (TPSA) is 103 Å². The van der Waals surface area contributed by atoms with E-state index in [1.807, 2.05) is 60.2 Å². The third kappa shape index (κ3) is 5.70. The van der Waals surface area contributed by atoms with Crippen LogP contribution in [0.3, 0.4) is 0 Å². The van der Waals surface area contributed by atoms with Crippen LogP contribution in [-0.2, 0) is 29.2 Å². The summed E-state index contributed by atoms with van der Waals surface area (Å²) in [7, 11) is 1.55. The zero-order chi connectivity index (χ0) is 29.9. The fourth-order valence-corrected chi connectivity index (χ4v) is 5.73. The van der Waals surface area contributed by atoms with Gasteiger partial charge < -0.3 is 28.8 Å². The number of likely N-dealkylation sites (tertiary alicyclic amines) is 1. The first-order valence-corrected chi connectivity index (χ1v) is 14.3. The van der Waals surface area contributed by atoms with Crippen LogP contribution in [0.2, 0.25) is 0 Å². The van der Waals surface area contributed by atoms with Gasteiger partial charge in [-0.25, -0.2) is 4.98 Å². The van der Waals surface area contributed by atoms with E-state index in [0.29, 0.717) is 55.2 Å². The van der Waals surface area contributed by atoms with Gasteiger partial charge in [-0.15, -0.1) is 0 Å². The van der Waals surface area contributed by atoms with Gasteiger partial charge in [0.15, 0.2) is 11.5 Å². The lowest BCUT2D eigenvalue weighted by Gasteiger charge is -2.26. The number of hydrogen-bond acceptors (Lipinski definition) is 7. The van der Waals surface area contributed by atoms with Gasteiger partial charge in [0.1, 0.15) is 24.2 Å². The first-order chi connectivity index (χ1) is 20.9. The highest BCUT2D eigenvalue weighted by Gasteiger charge is 2.46. The number of rotatable bonds is 10. The third-order valence-electron chi connectivity index (χ3n) is 7.82. The maximum atomic E-state index is 13.6. The number of Topliss-reactive ketones (excluding diaryl/α,β-unsaturated/α-hetero) is 1. The van der Waals surface area contributed by atoms with Crippen molar-refractivity contribution in [3.63, 3.8) is 0 Å². The number of hydrogen-bond donors (Lipinski definition) is 1. The highest BCUT2D eigenvalue weighted by molar-refractivity contribution is 6.46. The normalized spacial score (nSPS) is 18.9. The van der Waals surface area contributed by atoms with Crippen molar-refractivity contribution in [1.29, 1.82) is 0 Å². The molecule has 4 aromatic rings. The largest absolute Gasteiger partial charge is 0.507 e. The number of carbonyl (C=O) groups excluding carboxylic acids is 2. The lowest BCUT2D eigenvalue weighted by atomic mass is 9.94. The van der Waals surface area contributed by atoms with E-state index in [9.17, 15) is 14.7 Å². The molecule has 1 saturated heterocycles. The summed E-state index contributed by atoms with van der Waals surface area (Å²) in [5.41, 5.74) is 3.09. The van der Waals surface area contributed by atoms with Crippen molar-refractivity contribution in [3.05, 3.63) is 113 Å². The van der Waals surface area contributed by atoms with Crippen LogP contribution in [0.5, 0.6) is 17.2 Å². The molecule has 0 radical (unpaired) electrons. The summed E-state index contributed by atoms with van der Waals surface area (Å²) in [4.78, 5) is 32.6. The van der Waals surface area contributed by atoms with E-state index in [-0.39, 0.29) is 17.4 Å². The van der Waals surface area contributed by atoms with Crippen LogP contribution in [0, 0.1) is 0 Å². The quantitative estimate of drug-likeness (QED) is 0.154. The fraction of sp³-hybridized carbons (Fsp3) is 0.265. The molecule has 43 heavy (non-hydrogen) atoms. The molecule has 3 heterocycles. The number of aromatic nitrogens is 2. The minimum atomic E-state index is -0.816. The monoisotopic (exact) mass is 579 g/mol. The smallest absolute Gasteiger partial charge is 0.295 e. The van der Waals surface area contributed by atoms with Gasteiger partial charge in [0.25, 0.3) is 11.7 Å². The maximum Gasteiger partial charge on any atom is 0.295 e. The van der Waals surface area contributed by atoms with Crippen molar-refractivity contribution in [3.8, 4) is 17.2 Å². The molecule has 2 unspecified atom stereocenters. The summed E-state index contributed by atoms with van der Waals surface area (Å²) in [5, 5.41) is 11.6. The van der Waals surface area contributed by atoms with Crippen molar-refractivity contribution in [2.45, 2.75) is 45.1 Å². The Morgan fingerprint density at radius 2 is 1.88 bits per heavy atom. The number of imidazole rings is 1. The van der Waals surface area contributed by atoms with E-state index in [4.69, 9.17) is 14.2 Å². The second-order valence-electron chi connectivity index (χ2n) is 10.8. The van der Waals surface area contributed by atoms with Crippen molar-refractivity contribution < 1.29 is 28.9 Å². The van der Waals surface area contributed by atoms with Gasteiger partial charge >= 0.3 is 0 Å². The molecule has 2 aliphatic heterocycles. The first-order valence-electron chi connectivity index (χ1n) is 14.3. The molecular weight excluding hydrogens is 546 g/mol. The Balaban J connectivity index is 1.36. The van der Waals surface area contributed by atoms with Crippen molar-refractivity contribution in [2.24, 2.45) is 0 Å². The van der Waals surface area contributed by atoms with E-state index >= 15 is 0 Å². The molecule has 9 heteroatoms. The van der Waals surface area contributed by atoms with Gasteiger partial charge in [-0.05, 0) is 60.4 Å². The highest BCUT2D eigenvalue weighted by Crippen LogP contribution is 2.43. The van der Waals surface area contributed by atoms with Gasteiger partial charge in [-0.2, -0.15) is 0 Å². The summed E-state index contributed by atoms with van der Waals surface area (Å²) in [6, 6.07) is 19.7. The van der Waals surface area contributed by atoms with Gasteiger partial charge in [-0.3, -0.25) is 9.59 Å². The second-order valence-corrected chi connectivity index (χ2v) is 10.8. The first kappa shape index (κ1) is 28.1. The molecule has 0 saturated carbocycles. The number of benzene rings is 3. The highest BCUT2D eigenvalue weighted by atomic mass is 16.5. The standard InChI is InChI=1S/C34H33N3O6/c1-22-17-26-18-25(10-11-27(26)43-22)32(38)30-31(37(34(40)33(30)39)15-6-14-36-16-13-35-21-36)24-9-12-28(29(19-24)41-2)42-20-23-7-4-3-5-8-23/h3-5,7-13,16,18-19,21-22,31,38H,6,14-15,17,20H2,1-2H3/b32-30-. The molecule has 2 atom stereocenters. The Bertz CT molecular complexity index is 1660. The van der Waals surface area contributed by atoms with Crippen LogP contribution in [-0.4, -0.2) is 51.0 Å². The summed E-state index contributed by atoms with van der Waals surface area (Å²) >= 11 is 0. The van der Waals surface area contributed by atoms with E-state index in [1.54, 1.807) is 43.9 Å². The van der Waals surface area contributed by atoms with Crippen molar-refractivity contribution in [1.82, 2.24) is 14.5 Å². The minimum absolute atomic E-state index is 0.0311. The molecule has 1 fully saturated rings. The maximum absolute atomic E-state index is 13.6. The molecule has 220 valence electrons. The molecule has 0 bridgehead atoms. The average Bonchev–Trinajstić information content (AvgIpc) is 3.74. The van der Waals surface area contributed by atoms with Gasteiger partial charge in [-0.1, -0.05) is 36.4 Å².